The molecule has 0 aliphatic rings. The van der Waals surface area contributed by atoms with Crippen LogP contribution in [-0.4, -0.2) is 20.9 Å². The number of fused-ring (bicyclic) bond motifs is 1. The fourth-order valence-electron chi connectivity index (χ4n) is 4.33. The summed E-state index contributed by atoms with van der Waals surface area (Å²) in [5.74, 6) is -0.579. The summed E-state index contributed by atoms with van der Waals surface area (Å²) >= 11 is 6.14. The van der Waals surface area contributed by atoms with E-state index in [2.05, 4.69) is 15.0 Å². The molecule has 3 aromatic carbocycles. The Morgan fingerprint density at radius 2 is 1.83 bits per heavy atom. The number of nitrogens with one attached hydrogen (secondary N) is 1. The van der Waals surface area contributed by atoms with Gasteiger partial charge in [-0.25, -0.2) is 9.37 Å². The second-order valence-electron chi connectivity index (χ2n) is 8.35. The van der Waals surface area contributed by atoms with Crippen molar-refractivity contribution in [2.45, 2.75) is 19.4 Å². The Morgan fingerprint density at radius 1 is 1.03 bits per heavy atom. The third-order valence-corrected chi connectivity index (χ3v) is 6.29. The minimum Gasteiger partial charge on any atom is -0.345 e. The first-order valence-corrected chi connectivity index (χ1v) is 11.6. The van der Waals surface area contributed by atoms with Crippen LogP contribution in [0.2, 0.25) is 5.02 Å². The molecular weight excluding hydrogens is 463 g/mol. The van der Waals surface area contributed by atoms with Crippen molar-refractivity contribution in [1.82, 2.24) is 15.0 Å². The molecule has 0 spiro atoms. The number of benzene rings is 3. The van der Waals surface area contributed by atoms with E-state index in [1.54, 1.807) is 35.9 Å². The van der Waals surface area contributed by atoms with Crippen LogP contribution in [0.15, 0.2) is 91.6 Å². The van der Waals surface area contributed by atoms with Crippen LogP contribution in [0.5, 0.6) is 0 Å². The van der Waals surface area contributed by atoms with E-state index in [1.165, 1.54) is 12.1 Å². The molecule has 5 aromatic rings. The van der Waals surface area contributed by atoms with E-state index in [0.29, 0.717) is 11.3 Å². The third-order valence-electron chi connectivity index (χ3n) is 6.07. The number of hydrogen-bond acceptors (Lipinski definition) is 3. The number of halogens is 2. The molecule has 0 aliphatic carbocycles. The van der Waals surface area contributed by atoms with Crippen LogP contribution >= 0.6 is 11.6 Å². The van der Waals surface area contributed by atoms with E-state index in [-0.39, 0.29) is 17.4 Å². The minimum atomic E-state index is -0.461. The molecule has 5 rings (SSSR count). The summed E-state index contributed by atoms with van der Waals surface area (Å²) in [6.45, 7) is 1.87. The van der Waals surface area contributed by atoms with Crippen LogP contribution in [0.4, 0.5) is 10.1 Å². The Morgan fingerprint density at radius 3 is 2.57 bits per heavy atom. The lowest BCUT2D eigenvalue weighted by Gasteiger charge is -2.30. The number of carbonyl (C=O) groups is 1. The summed E-state index contributed by atoms with van der Waals surface area (Å²) < 4.78 is 14.2. The van der Waals surface area contributed by atoms with Gasteiger partial charge in [-0.3, -0.25) is 9.78 Å². The Kier molecular flexibility index (Phi) is 6.29. The molecule has 174 valence electrons. The number of H-pyrrole nitrogens is 1. The van der Waals surface area contributed by atoms with Crippen molar-refractivity contribution in [2.24, 2.45) is 0 Å². The quantitative estimate of drug-likeness (QED) is 0.290. The molecule has 0 radical (unpaired) electrons. The van der Waals surface area contributed by atoms with Gasteiger partial charge in [0.25, 0.3) is 0 Å². The van der Waals surface area contributed by atoms with Gasteiger partial charge in [0, 0.05) is 28.5 Å². The second-order valence-corrected chi connectivity index (χ2v) is 8.79. The number of anilines is 1. The van der Waals surface area contributed by atoms with Gasteiger partial charge >= 0.3 is 0 Å². The summed E-state index contributed by atoms with van der Waals surface area (Å²) in [4.78, 5) is 27.0. The SMILES string of the molecule is C[C@H](c1cc(F)cc(Cl)c1)N(C(=O)Cc1cncc2ccccc12)c1ccc(-c2cnc[nH]2)cc1. The van der Waals surface area contributed by atoms with E-state index in [9.17, 15) is 9.18 Å². The molecule has 1 amide bonds. The number of nitrogens with zero attached hydrogens (tertiary/aromatic N) is 3. The first-order valence-electron chi connectivity index (χ1n) is 11.2. The summed E-state index contributed by atoms with van der Waals surface area (Å²) in [6.07, 6.45) is 7.01. The number of pyridine rings is 1. The molecule has 2 aromatic heterocycles. The van der Waals surface area contributed by atoms with Gasteiger partial charge < -0.3 is 9.88 Å². The van der Waals surface area contributed by atoms with Gasteiger partial charge in [0.05, 0.1) is 30.7 Å². The van der Waals surface area contributed by atoms with Crippen molar-refractivity contribution in [3.8, 4) is 11.3 Å². The number of amides is 1. The number of rotatable bonds is 6. The first kappa shape index (κ1) is 22.7. The van der Waals surface area contributed by atoms with Crippen LogP contribution in [0.3, 0.4) is 0 Å². The normalized spacial score (nSPS) is 12.0. The van der Waals surface area contributed by atoms with Gasteiger partial charge in [-0.05, 0) is 59.3 Å². The minimum absolute atomic E-state index is 0.134. The smallest absolute Gasteiger partial charge is 0.232 e. The van der Waals surface area contributed by atoms with E-state index >= 15 is 0 Å². The van der Waals surface area contributed by atoms with E-state index in [1.807, 2.05) is 55.5 Å². The summed E-state index contributed by atoms with van der Waals surface area (Å²) in [5.41, 5.74) is 3.95. The molecule has 0 fully saturated rings. The highest BCUT2D eigenvalue weighted by molar-refractivity contribution is 6.30. The molecule has 1 N–H and O–H groups in total. The second kappa shape index (κ2) is 9.68. The lowest BCUT2D eigenvalue weighted by atomic mass is 10.0. The van der Waals surface area contributed by atoms with Crippen molar-refractivity contribution in [2.75, 3.05) is 4.90 Å². The number of aromatic nitrogens is 3. The van der Waals surface area contributed by atoms with E-state index < -0.39 is 11.9 Å². The molecule has 0 aliphatic heterocycles. The number of carbonyl (C=O) groups excluding carboxylic acids is 1. The van der Waals surface area contributed by atoms with Gasteiger partial charge in [0.15, 0.2) is 0 Å². The highest BCUT2D eigenvalue weighted by Crippen LogP contribution is 2.32. The standard InChI is InChI=1S/C28H22ClFN4O/c1-18(21-10-23(29)13-24(30)11-21)34(25-8-6-19(7-9-25)27-16-32-17-33-27)28(35)12-22-15-31-14-20-4-2-3-5-26(20)22/h2-11,13-18H,12H2,1H3,(H,32,33)/t18-/m1/s1. The highest BCUT2D eigenvalue weighted by atomic mass is 35.5. The zero-order valence-electron chi connectivity index (χ0n) is 19.0. The monoisotopic (exact) mass is 484 g/mol. The first-order chi connectivity index (χ1) is 17.0. The average molecular weight is 485 g/mol. The Labute approximate surface area is 207 Å². The van der Waals surface area contributed by atoms with Crippen molar-refractivity contribution in [1.29, 1.82) is 0 Å². The maximum atomic E-state index is 14.2. The molecule has 2 heterocycles. The largest absolute Gasteiger partial charge is 0.345 e. The Balaban J connectivity index is 1.54. The molecular formula is C28H22ClFN4O. The van der Waals surface area contributed by atoms with Crippen molar-refractivity contribution in [3.63, 3.8) is 0 Å². The maximum absolute atomic E-state index is 14.2. The molecule has 1 atom stereocenters. The highest BCUT2D eigenvalue weighted by Gasteiger charge is 2.25. The van der Waals surface area contributed by atoms with Crippen molar-refractivity contribution >= 4 is 34.0 Å². The number of hydrogen-bond donors (Lipinski definition) is 1. The van der Waals surface area contributed by atoms with Crippen molar-refractivity contribution in [3.05, 3.63) is 114 Å². The Bertz CT molecular complexity index is 1460. The van der Waals surface area contributed by atoms with Gasteiger partial charge in [0.2, 0.25) is 5.91 Å². The lowest BCUT2D eigenvalue weighted by Crippen LogP contribution is -2.35. The predicted octanol–water partition coefficient (Wildman–Crippen LogP) is 6.75. The number of imidazole rings is 1. The van der Waals surface area contributed by atoms with Gasteiger partial charge in [-0.1, -0.05) is 48.0 Å². The summed E-state index contributed by atoms with van der Waals surface area (Å²) in [6, 6.07) is 19.4. The molecule has 0 bridgehead atoms. The van der Waals surface area contributed by atoms with Crippen LogP contribution in [0.1, 0.15) is 24.1 Å². The zero-order valence-corrected chi connectivity index (χ0v) is 19.7. The average Bonchev–Trinajstić information content (AvgIpc) is 3.39. The third kappa shape index (κ3) is 4.79. The van der Waals surface area contributed by atoms with Crippen molar-refractivity contribution < 1.29 is 9.18 Å². The molecule has 5 nitrogen and oxygen atoms in total. The van der Waals surface area contributed by atoms with E-state index in [4.69, 9.17) is 11.6 Å². The Hall–Kier alpha value is -4.03. The maximum Gasteiger partial charge on any atom is 0.232 e. The van der Waals surface area contributed by atoms with Gasteiger partial charge in [0.1, 0.15) is 5.82 Å². The fourth-order valence-corrected chi connectivity index (χ4v) is 4.56. The molecule has 0 saturated heterocycles. The molecule has 0 unspecified atom stereocenters. The summed E-state index contributed by atoms with van der Waals surface area (Å²) in [7, 11) is 0. The van der Waals surface area contributed by atoms with Gasteiger partial charge in [-0.15, -0.1) is 0 Å². The molecule has 35 heavy (non-hydrogen) atoms. The number of aromatic amines is 1. The van der Waals surface area contributed by atoms with Crippen LogP contribution in [-0.2, 0) is 11.2 Å². The predicted molar refractivity (Wildman–Crippen MR) is 137 cm³/mol. The van der Waals surface area contributed by atoms with Gasteiger partial charge in [-0.2, -0.15) is 0 Å². The fraction of sp³-hybridized carbons (Fsp3) is 0.107. The molecule has 0 saturated carbocycles. The van der Waals surface area contributed by atoms with Crippen LogP contribution < -0.4 is 4.90 Å². The lowest BCUT2D eigenvalue weighted by molar-refractivity contribution is -0.118. The van der Waals surface area contributed by atoms with Crippen LogP contribution in [0.25, 0.3) is 22.0 Å². The van der Waals surface area contributed by atoms with E-state index in [0.717, 1.165) is 27.6 Å². The zero-order chi connectivity index (χ0) is 24.4. The summed E-state index contributed by atoms with van der Waals surface area (Å²) in [5, 5.41) is 2.23. The molecule has 7 heteroatoms. The topological polar surface area (TPSA) is 61.9 Å². The van der Waals surface area contributed by atoms with Crippen LogP contribution in [0, 0.1) is 5.82 Å².